The van der Waals surface area contributed by atoms with Crippen molar-refractivity contribution in [1.82, 2.24) is 15.5 Å². The van der Waals surface area contributed by atoms with Crippen molar-refractivity contribution in [2.75, 3.05) is 46.0 Å². The van der Waals surface area contributed by atoms with Crippen molar-refractivity contribution < 1.29 is 18.7 Å². The van der Waals surface area contributed by atoms with Crippen LogP contribution in [0.4, 0.5) is 4.79 Å². The van der Waals surface area contributed by atoms with E-state index in [0.717, 1.165) is 69.6 Å². The zero-order valence-corrected chi connectivity index (χ0v) is 20.8. The number of nitrogens with zero attached hydrogens (tertiary/aromatic N) is 2. The number of carbonyl (C=O) groups excluding carboxylic acids is 1. The number of hydrogen-bond acceptors (Lipinski definition) is 5. The van der Waals surface area contributed by atoms with Gasteiger partial charge in [0.15, 0.2) is 5.96 Å². The van der Waals surface area contributed by atoms with Crippen LogP contribution in [0.2, 0.25) is 0 Å². The lowest BCUT2D eigenvalue weighted by atomic mass is 10.1. The maximum Gasteiger partial charge on any atom is 0.409 e. The Morgan fingerprint density at radius 1 is 1.29 bits per heavy atom. The summed E-state index contributed by atoms with van der Waals surface area (Å²) >= 11 is 0. The number of aliphatic imine (C=N–C) groups is 1. The molecule has 0 aromatic carbocycles. The van der Waals surface area contributed by atoms with Gasteiger partial charge in [0.05, 0.1) is 12.9 Å². The summed E-state index contributed by atoms with van der Waals surface area (Å²) in [6.07, 6.45) is 7.60. The highest BCUT2D eigenvalue weighted by Gasteiger charge is 2.24. The number of furan rings is 1. The van der Waals surface area contributed by atoms with Gasteiger partial charge in [0.25, 0.3) is 0 Å². The van der Waals surface area contributed by atoms with Gasteiger partial charge in [0.1, 0.15) is 5.76 Å². The number of guanidine groups is 1. The molecule has 2 fully saturated rings. The minimum atomic E-state index is -0.215. The largest absolute Gasteiger partial charge is 0.469 e. The molecule has 1 saturated heterocycles. The molecule has 3 rings (SSSR count). The summed E-state index contributed by atoms with van der Waals surface area (Å²) in [6.45, 7) is 6.78. The maximum absolute atomic E-state index is 11.9. The molecule has 9 heteroatoms. The standard InChI is InChI=1S/C22H36N4O4.HI/c1-2-29-22(27)26-13-9-19(10-14-26)25-21(24-12-8-20-5-3-16-30-20)23-11-4-15-28-17-18-6-7-18;/h3,5,16,18-19H,2,4,6-15,17H2,1H3,(H2,23,24,25);1H. The third kappa shape index (κ3) is 10.1. The molecule has 0 unspecified atom stereocenters. The summed E-state index contributed by atoms with van der Waals surface area (Å²) in [5, 5.41) is 6.95. The van der Waals surface area contributed by atoms with Gasteiger partial charge < -0.3 is 29.4 Å². The first-order chi connectivity index (χ1) is 14.7. The lowest BCUT2D eigenvalue weighted by Crippen LogP contribution is -2.50. The van der Waals surface area contributed by atoms with Gasteiger partial charge >= 0.3 is 6.09 Å². The van der Waals surface area contributed by atoms with E-state index in [1.807, 2.05) is 19.1 Å². The van der Waals surface area contributed by atoms with E-state index in [2.05, 4.69) is 10.6 Å². The van der Waals surface area contributed by atoms with Crippen LogP contribution in [0.5, 0.6) is 0 Å². The van der Waals surface area contributed by atoms with Crippen LogP contribution in [0.1, 0.15) is 44.8 Å². The summed E-state index contributed by atoms with van der Waals surface area (Å²) < 4.78 is 16.2. The van der Waals surface area contributed by atoms with Gasteiger partial charge in [-0.2, -0.15) is 0 Å². The summed E-state index contributed by atoms with van der Waals surface area (Å²) in [4.78, 5) is 18.4. The highest BCUT2D eigenvalue weighted by Crippen LogP contribution is 2.28. The van der Waals surface area contributed by atoms with E-state index >= 15 is 0 Å². The zero-order valence-electron chi connectivity index (χ0n) is 18.5. The second kappa shape index (κ2) is 14.5. The third-order valence-electron chi connectivity index (χ3n) is 5.37. The molecule has 0 atom stereocenters. The quantitative estimate of drug-likeness (QED) is 0.191. The monoisotopic (exact) mass is 548 g/mol. The lowest BCUT2D eigenvalue weighted by Gasteiger charge is -2.32. The number of nitrogens with one attached hydrogen (secondary N) is 2. The van der Waals surface area contributed by atoms with Crippen LogP contribution in [0, 0.1) is 5.92 Å². The van der Waals surface area contributed by atoms with Crippen LogP contribution in [0.25, 0.3) is 0 Å². The molecule has 1 amide bonds. The first kappa shape index (κ1) is 25.8. The number of amides is 1. The smallest absolute Gasteiger partial charge is 0.409 e. The molecule has 0 bridgehead atoms. The number of piperidine rings is 1. The van der Waals surface area contributed by atoms with Crippen LogP contribution in [-0.2, 0) is 15.9 Å². The Kier molecular flexibility index (Phi) is 12.1. The van der Waals surface area contributed by atoms with Crippen molar-refractivity contribution in [2.45, 2.75) is 51.5 Å². The van der Waals surface area contributed by atoms with Gasteiger partial charge in [0, 0.05) is 51.9 Å². The molecule has 0 radical (unpaired) electrons. The SMILES string of the molecule is CCOC(=O)N1CCC(NC(=NCCCOCC2CC2)NCCc2ccco2)CC1.I. The fourth-order valence-corrected chi connectivity index (χ4v) is 3.42. The Morgan fingerprint density at radius 2 is 2.10 bits per heavy atom. The van der Waals surface area contributed by atoms with Crippen molar-refractivity contribution in [2.24, 2.45) is 10.9 Å². The Bertz CT molecular complexity index is 644. The predicted octanol–water partition coefficient (Wildman–Crippen LogP) is 3.41. The van der Waals surface area contributed by atoms with Crippen LogP contribution < -0.4 is 10.6 Å². The van der Waals surface area contributed by atoms with Crippen LogP contribution in [-0.4, -0.2) is 69.0 Å². The number of halogens is 1. The molecule has 2 heterocycles. The summed E-state index contributed by atoms with van der Waals surface area (Å²) in [7, 11) is 0. The Labute approximate surface area is 202 Å². The fraction of sp³-hybridized carbons (Fsp3) is 0.727. The molecule has 176 valence electrons. The van der Waals surface area contributed by atoms with E-state index in [9.17, 15) is 4.79 Å². The topological polar surface area (TPSA) is 88.3 Å². The van der Waals surface area contributed by atoms with Crippen LogP contribution >= 0.6 is 24.0 Å². The van der Waals surface area contributed by atoms with Gasteiger partial charge in [-0.25, -0.2) is 4.79 Å². The van der Waals surface area contributed by atoms with E-state index < -0.39 is 0 Å². The average molecular weight is 548 g/mol. The van der Waals surface area contributed by atoms with E-state index in [-0.39, 0.29) is 36.1 Å². The van der Waals surface area contributed by atoms with Crippen molar-refractivity contribution in [3.8, 4) is 0 Å². The van der Waals surface area contributed by atoms with E-state index in [1.54, 1.807) is 11.2 Å². The van der Waals surface area contributed by atoms with Crippen LogP contribution in [0.3, 0.4) is 0 Å². The van der Waals surface area contributed by atoms with Gasteiger partial charge in [-0.05, 0) is 57.1 Å². The Morgan fingerprint density at radius 3 is 2.77 bits per heavy atom. The molecule has 31 heavy (non-hydrogen) atoms. The molecular formula is C22H37IN4O4. The van der Waals surface area contributed by atoms with Gasteiger partial charge in [-0.1, -0.05) is 0 Å². The molecule has 1 saturated carbocycles. The fourth-order valence-electron chi connectivity index (χ4n) is 3.42. The molecular weight excluding hydrogens is 511 g/mol. The highest BCUT2D eigenvalue weighted by atomic mass is 127. The van der Waals surface area contributed by atoms with Crippen molar-refractivity contribution >= 4 is 36.0 Å². The van der Waals surface area contributed by atoms with Crippen molar-refractivity contribution in [3.63, 3.8) is 0 Å². The van der Waals surface area contributed by atoms with E-state index in [1.165, 1.54) is 12.8 Å². The predicted molar refractivity (Wildman–Crippen MR) is 131 cm³/mol. The first-order valence-electron chi connectivity index (χ1n) is 11.3. The molecule has 1 aliphatic heterocycles. The highest BCUT2D eigenvalue weighted by molar-refractivity contribution is 14.0. The van der Waals surface area contributed by atoms with E-state index in [0.29, 0.717) is 19.7 Å². The molecule has 8 nitrogen and oxygen atoms in total. The van der Waals surface area contributed by atoms with E-state index in [4.69, 9.17) is 18.9 Å². The van der Waals surface area contributed by atoms with Gasteiger partial charge in [-0.15, -0.1) is 24.0 Å². The maximum atomic E-state index is 11.9. The molecule has 2 N–H and O–H groups in total. The zero-order chi connectivity index (χ0) is 21.0. The number of hydrogen-bond donors (Lipinski definition) is 2. The molecule has 1 aromatic rings. The molecule has 0 spiro atoms. The first-order valence-corrected chi connectivity index (χ1v) is 11.3. The lowest BCUT2D eigenvalue weighted by molar-refractivity contribution is 0.0963. The number of rotatable bonds is 11. The van der Waals surface area contributed by atoms with Gasteiger partial charge in [-0.3, -0.25) is 4.99 Å². The Hall–Kier alpha value is -1.49. The second-order valence-corrected chi connectivity index (χ2v) is 7.96. The second-order valence-electron chi connectivity index (χ2n) is 7.96. The normalized spacial score (nSPS) is 17.2. The van der Waals surface area contributed by atoms with Crippen LogP contribution in [0.15, 0.2) is 27.8 Å². The van der Waals surface area contributed by atoms with Crippen molar-refractivity contribution in [3.05, 3.63) is 24.2 Å². The average Bonchev–Trinajstić information content (AvgIpc) is 3.43. The summed E-state index contributed by atoms with van der Waals surface area (Å²) in [5.74, 6) is 2.57. The third-order valence-corrected chi connectivity index (χ3v) is 5.37. The number of carbonyl (C=O) groups is 1. The minimum Gasteiger partial charge on any atom is -0.469 e. The van der Waals surface area contributed by atoms with Crippen molar-refractivity contribution in [1.29, 1.82) is 0 Å². The van der Waals surface area contributed by atoms with Gasteiger partial charge in [0.2, 0.25) is 0 Å². The number of ether oxygens (including phenoxy) is 2. The minimum absolute atomic E-state index is 0. The molecule has 1 aromatic heterocycles. The molecule has 1 aliphatic carbocycles. The summed E-state index contributed by atoms with van der Waals surface area (Å²) in [6, 6.07) is 4.17. The summed E-state index contributed by atoms with van der Waals surface area (Å²) in [5.41, 5.74) is 0. The number of likely N-dealkylation sites (tertiary alicyclic amines) is 1. The molecule has 2 aliphatic rings. The Balaban J connectivity index is 0.00000341.